The molecule has 0 aromatic carbocycles. The molecule has 1 aliphatic heterocycles. The highest BCUT2D eigenvalue weighted by Gasteiger charge is 2.22. The Balaban J connectivity index is 2.65. The molecule has 3 nitrogen and oxygen atoms in total. The zero-order valence-electron chi connectivity index (χ0n) is 6.71. The predicted molar refractivity (Wildman–Crippen MR) is 41.8 cm³/mol. The number of hydrogen-bond donors (Lipinski definition) is 1. The van der Waals surface area contributed by atoms with Gasteiger partial charge >= 0.3 is 0 Å². The number of nitrogens with zero attached hydrogens (tertiary/aromatic N) is 1. The van der Waals surface area contributed by atoms with Crippen LogP contribution in [0.2, 0.25) is 0 Å². The number of allylic oxidation sites excluding steroid dienone is 1. The highest BCUT2D eigenvalue weighted by atomic mass is 16.3. The van der Waals surface area contributed by atoms with Gasteiger partial charge in [0, 0.05) is 18.7 Å². The van der Waals surface area contributed by atoms with Gasteiger partial charge in [-0.25, -0.2) is 0 Å². The first-order valence-corrected chi connectivity index (χ1v) is 3.86. The maximum absolute atomic E-state index is 11.1. The summed E-state index contributed by atoms with van der Waals surface area (Å²) in [6.45, 7) is 2.55. The molecule has 0 aromatic heterocycles. The number of carbonyl (C=O) groups excluding carboxylic acids is 1. The summed E-state index contributed by atoms with van der Waals surface area (Å²) in [6, 6.07) is 0. The van der Waals surface area contributed by atoms with Crippen molar-refractivity contribution in [1.29, 1.82) is 0 Å². The summed E-state index contributed by atoms with van der Waals surface area (Å²) < 4.78 is 0. The van der Waals surface area contributed by atoms with Gasteiger partial charge < -0.3 is 10.0 Å². The van der Waals surface area contributed by atoms with Crippen molar-refractivity contribution in [2.75, 3.05) is 13.2 Å². The Hall–Kier alpha value is -0.830. The van der Waals surface area contributed by atoms with Gasteiger partial charge in [-0.2, -0.15) is 0 Å². The second-order valence-electron chi connectivity index (χ2n) is 2.59. The van der Waals surface area contributed by atoms with E-state index in [2.05, 4.69) is 0 Å². The Bertz CT molecular complexity index is 187. The Labute approximate surface area is 66.3 Å². The number of rotatable bonds is 2. The van der Waals surface area contributed by atoms with Crippen LogP contribution in [0.1, 0.15) is 19.8 Å². The molecule has 0 atom stereocenters. The van der Waals surface area contributed by atoms with Gasteiger partial charge in [-0.15, -0.1) is 0 Å². The fraction of sp³-hybridized carbons (Fsp3) is 0.625. The highest BCUT2D eigenvalue weighted by molar-refractivity contribution is 5.79. The van der Waals surface area contributed by atoms with E-state index in [0.717, 1.165) is 18.7 Å². The average Bonchev–Trinajstić information content (AvgIpc) is 2.40. The van der Waals surface area contributed by atoms with Gasteiger partial charge in [-0.3, -0.25) is 4.79 Å². The maximum Gasteiger partial charge on any atom is 0.226 e. The van der Waals surface area contributed by atoms with Crippen LogP contribution in [0.3, 0.4) is 0 Å². The minimum atomic E-state index is -0.0394. The molecule has 0 aromatic rings. The van der Waals surface area contributed by atoms with Gasteiger partial charge in [0.15, 0.2) is 0 Å². The van der Waals surface area contributed by atoms with Crippen molar-refractivity contribution < 1.29 is 9.90 Å². The van der Waals surface area contributed by atoms with E-state index in [9.17, 15) is 4.79 Å². The van der Waals surface area contributed by atoms with Crippen molar-refractivity contribution >= 4 is 5.91 Å². The van der Waals surface area contributed by atoms with E-state index in [1.165, 1.54) is 0 Å². The molecule has 0 bridgehead atoms. The van der Waals surface area contributed by atoms with Crippen molar-refractivity contribution in [2.45, 2.75) is 19.8 Å². The van der Waals surface area contributed by atoms with Crippen LogP contribution >= 0.6 is 0 Å². The number of aliphatic hydroxyl groups is 1. The number of hydrogen-bond acceptors (Lipinski definition) is 2. The van der Waals surface area contributed by atoms with Crippen LogP contribution in [-0.4, -0.2) is 29.1 Å². The minimum absolute atomic E-state index is 0.0394. The summed E-state index contributed by atoms with van der Waals surface area (Å²) >= 11 is 0. The molecule has 1 N–H and O–H groups in total. The second-order valence-corrected chi connectivity index (χ2v) is 2.59. The molecule has 0 radical (unpaired) electrons. The molecule has 1 saturated heterocycles. The highest BCUT2D eigenvalue weighted by Crippen LogP contribution is 2.15. The summed E-state index contributed by atoms with van der Waals surface area (Å²) in [7, 11) is 0. The van der Waals surface area contributed by atoms with Crippen LogP contribution in [0, 0.1) is 0 Å². The smallest absolute Gasteiger partial charge is 0.226 e. The van der Waals surface area contributed by atoms with E-state index in [0.29, 0.717) is 6.42 Å². The van der Waals surface area contributed by atoms with Gasteiger partial charge in [0.1, 0.15) is 0 Å². The normalized spacial score (nSPS) is 19.6. The molecule has 0 unspecified atom stereocenters. The lowest BCUT2D eigenvalue weighted by atomic mass is 10.4. The standard InChI is InChI=1S/C8H13NO2/c1-2-7(6-10)9-5-3-4-8(9)11/h2,10H,3-6H2,1H3/b7-2-. The predicted octanol–water partition coefficient (Wildman–Crippen LogP) is 0.505. The molecular formula is C8H13NO2. The monoisotopic (exact) mass is 155 g/mol. The van der Waals surface area contributed by atoms with Gasteiger partial charge in [0.25, 0.3) is 0 Å². The van der Waals surface area contributed by atoms with Crippen molar-refractivity contribution in [1.82, 2.24) is 4.90 Å². The molecule has 1 rings (SSSR count). The zero-order chi connectivity index (χ0) is 8.27. The van der Waals surface area contributed by atoms with E-state index in [-0.39, 0.29) is 12.5 Å². The first kappa shape index (κ1) is 8.27. The third-order valence-electron chi connectivity index (χ3n) is 1.92. The summed E-state index contributed by atoms with van der Waals surface area (Å²) in [5.74, 6) is 0.132. The van der Waals surface area contributed by atoms with Gasteiger partial charge in [-0.1, -0.05) is 6.08 Å². The number of likely N-dealkylation sites (tertiary alicyclic amines) is 1. The van der Waals surface area contributed by atoms with Crippen molar-refractivity contribution in [2.24, 2.45) is 0 Å². The lowest BCUT2D eigenvalue weighted by molar-refractivity contribution is -0.126. The lowest BCUT2D eigenvalue weighted by Crippen LogP contribution is -2.25. The van der Waals surface area contributed by atoms with Gasteiger partial charge in [0.05, 0.1) is 6.61 Å². The fourth-order valence-corrected chi connectivity index (χ4v) is 1.28. The maximum atomic E-state index is 11.1. The zero-order valence-corrected chi connectivity index (χ0v) is 6.71. The Kier molecular flexibility index (Phi) is 2.65. The van der Waals surface area contributed by atoms with Gasteiger partial charge in [-0.05, 0) is 13.3 Å². The SMILES string of the molecule is C/C=C(/CO)N1CCCC1=O. The van der Waals surface area contributed by atoms with E-state index in [4.69, 9.17) is 5.11 Å². The molecule has 1 fully saturated rings. The van der Waals surface area contributed by atoms with Crippen molar-refractivity contribution in [3.05, 3.63) is 11.8 Å². The third-order valence-corrected chi connectivity index (χ3v) is 1.92. The molecule has 11 heavy (non-hydrogen) atoms. The molecule has 0 spiro atoms. The summed E-state index contributed by atoms with van der Waals surface area (Å²) in [6.07, 6.45) is 3.32. The van der Waals surface area contributed by atoms with Crippen LogP contribution < -0.4 is 0 Å². The minimum Gasteiger partial charge on any atom is -0.390 e. The summed E-state index contributed by atoms with van der Waals surface area (Å²) in [4.78, 5) is 12.8. The van der Waals surface area contributed by atoms with E-state index in [1.807, 2.05) is 6.92 Å². The molecule has 0 saturated carbocycles. The average molecular weight is 155 g/mol. The molecule has 1 heterocycles. The van der Waals surface area contributed by atoms with Crippen LogP contribution in [0.25, 0.3) is 0 Å². The largest absolute Gasteiger partial charge is 0.390 e. The van der Waals surface area contributed by atoms with Crippen LogP contribution in [0.4, 0.5) is 0 Å². The Morgan fingerprint density at radius 3 is 2.91 bits per heavy atom. The Morgan fingerprint density at radius 2 is 2.55 bits per heavy atom. The molecule has 3 heteroatoms. The fourth-order valence-electron chi connectivity index (χ4n) is 1.28. The van der Waals surface area contributed by atoms with Crippen LogP contribution in [0.15, 0.2) is 11.8 Å². The summed E-state index contributed by atoms with van der Waals surface area (Å²) in [5, 5.41) is 8.84. The number of aliphatic hydroxyl groups excluding tert-OH is 1. The van der Waals surface area contributed by atoms with E-state index < -0.39 is 0 Å². The van der Waals surface area contributed by atoms with Crippen LogP contribution in [0.5, 0.6) is 0 Å². The molecule has 0 aliphatic carbocycles. The topological polar surface area (TPSA) is 40.5 Å². The third kappa shape index (κ3) is 1.60. The van der Waals surface area contributed by atoms with Gasteiger partial charge in [0.2, 0.25) is 5.91 Å². The van der Waals surface area contributed by atoms with Crippen molar-refractivity contribution in [3.63, 3.8) is 0 Å². The first-order chi connectivity index (χ1) is 5.29. The summed E-state index contributed by atoms with van der Waals surface area (Å²) in [5.41, 5.74) is 0.729. The first-order valence-electron chi connectivity index (χ1n) is 3.86. The van der Waals surface area contributed by atoms with E-state index in [1.54, 1.807) is 11.0 Å². The quantitative estimate of drug-likeness (QED) is 0.631. The molecule has 1 aliphatic rings. The molecular weight excluding hydrogens is 142 g/mol. The molecule has 1 amide bonds. The van der Waals surface area contributed by atoms with Crippen molar-refractivity contribution in [3.8, 4) is 0 Å². The second kappa shape index (κ2) is 3.53. The van der Waals surface area contributed by atoms with Crippen LogP contribution in [-0.2, 0) is 4.79 Å². The number of amides is 1. The number of carbonyl (C=O) groups is 1. The Morgan fingerprint density at radius 1 is 1.82 bits per heavy atom. The molecule has 62 valence electrons. The lowest BCUT2D eigenvalue weighted by Gasteiger charge is -2.16. The van der Waals surface area contributed by atoms with E-state index >= 15 is 0 Å².